The van der Waals surface area contributed by atoms with E-state index in [0.717, 1.165) is 10.7 Å². The van der Waals surface area contributed by atoms with Gasteiger partial charge in [0, 0.05) is 17.8 Å². The van der Waals surface area contributed by atoms with Gasteiger partial charge in [-0.1, -0.05) is 41.6 Å². The predicted molar refractivity (Wildman–Crippen MR) is 97.5 cm³/mol. The van der Waals surface area contributed by atoms with Gasteiger partial charge in [-0.25, -0.2) is 4.39 Å². The van der Waals surface area contributed by atoms with Gasteiger partial charge in [-0.2, -0.15) is 0 Å². The molecular weight excluding hydrogens is 361 g/mol. The van der Waals surface area contributed by atoms with Crippen LogP contribution in [-0.2, 0) is 12.8 Å². The van der Waals surface area contributed by atoms with E-state index in [1.54, 1.807) is 18.2 Å². The summed E-state index contributed by atoms with van der Waals surface area (Å²) in [4.78, 5) is 0. The molecular formula is C18H17ClFN3OS. The molecule has 0 spiro atoms. The summed E-state index contributed by atoms with van der Waals surface area (Å²) in [5, 5.41) is 9.80. The van der Waals surface area contributed by atoms with Crippen LogP contribution < -0.4 is 4.74 Å². The molecule has 0 aliphatic heterocycles. The lowest BCUT2D eigenvalue weighted by Gasteiger charge is -2.14. The second-order valence-corrected chi connectivity index (χ2v) is 6.91. The summed E-state index contributed by atoms with van der Waals surface area (Å²) in [7, 11) is 1.89. The topological polar surface area (TPSA) is 39.9 Å². The smallest absolute Gasteiger partial charge is 0.191 e. The quantitative estimate of drug-likeness (QED) is 0.564. The molecule has 3 rings (SSSR count). The summed E-state index contributed by atoms with van der Waals surface area (Å²) in [6.07, 6.45) is -0.278. The first-order chi connectivity index (χ1) is 12.0. The van der Waals surface area contributed by atoms with Crippen molar-refractivity contribution < 1.29 is 9.13 Å². The highest BCUT2D eigenvalue weighted by atomic mass is 35.5. The van der Waals surface area contributed by atoms with Crippen molar-refractivity contribution in [3.63, 3.8) is 0 Å². The summed E-state index contributed by atoms with van der Waals surface area (Å²) < 4.78 is 21.0. The third-order valence-corrected chi connectivity index (χ3v) is 4.92. The van der Waals surface area contributed by atoms with Crippen LogP contribution in [0.5, 0.6) is 5.75 Å². The van der Waals surface area contributed by atoms with Crippen LogP contribution >= 0.6 is 23.4 Å². The second-order valence-electron chi connectivity index (χ2n) is 5.54. The molecule has 0 aliphatic rings. The highest BCUT2D eigenvalue weighted by molar-refractivity contribution is 7.98. The maximum Gasteiger partial charge on any atom is 0.191 e. The van der Waals surface area contributed by atoms with Gasteiger partial charge in [-0.3, -0.25) is 0 Å². The van der Waals surface area contributed by atoms with Gasteiger partial charge in [0.2, 0.25) is 0 Å². The van der Waals surface area contributed by atoms with E-state index in [1.807, 2.05) is 36.7 Å². The Hall–Kier alpha value is -2.05. The van der Waals surface area contributed by atoms with Crippen molar-refractivity contribution in [2.24, 2.45) is 7.05 Å². The minimum absolute atomic E-state index is 0.236. The third kappa shape index (κ3) is 4.52. The molecule has 0 saturated carbocycles. The molecule has 1 unspecified atom stereocenters. The van der Waals surface area contributed by atoms with Crippen LogP contribution in [0.1, 0.15) is 24.4 Å². The second kappa shape index (κ2) is 7.89. The average molecular weight is 378 g/mol. The van der Waals surface area contributed by atoms with Crippen molar-refractivity contribution in [1.29, 1.82) is 0 Å². The molecule has 0 N–H and O–H groups in total. The first-order valence-corrected chi connectivity index (χ1v) is 9.08. The normalized spacial score (nSPS) is 12.2. The van der Waals surface area contributed by atoms with Gasteiger partial charge in [0.1, 0.15) is 11.6 Å². The van der Waals surface area contributed by atoms with E-state index in [4.69, 9.17) is 16.3 Å². The number of thioether (sulfide) groups is 1. The molecule has 7 heteroatoms. The van der Waals surface area contributed by atoms with E-state index in [2.05, 4.69) is 10.2 Å². The van der Waals surface area contributed by atoms with Crippen molar-refractivity contribution in [2.75, 3.05) is 0 Å². The fraction of sp³-hybridized carbons (Fsp3) is 0.222. The van der Waals surface area contributed by atoms with Gasteiger partial charge < -0.3 is 9.30 Å². The molecule has 4 nitrogen and oxygen atoms in total. The van der Waals surface area contributed by atoms with E-state index in [1.165, 1.54) is 23.9 Å². The summed E-state index contributed by atoms with van der Waals surface area (Å²) >= 11 is 7.48. The maximum absolute atomic E-state index is 13.2. The lowest BCUT2D eigenvalue weighted by molar-refractivity contribution is 0.211. The Bertz CT molecular complexity index is 871. The molecule has 1 heterocycles. The van der Waals surface area contributed by atoms with Crippen LogP contribution in [0.4, 0.5) is 4.39 Å². The summed E-state index contributed by atoms with van der Waals surface area (Å²) in [6, 6.07) is 13.8. The molecule has 0 radical (unpaired) electrons. The van der Waals surface area contributed by atoms with Gasteiger partial charge in [0.05, 0.1) is 0 Å². The molecule has 0 fully saturated rings. The van der Waals surface area contributed by atoms with Crippen LogP contribution in [0.3, 0.4) is 0 Å². The van der Waals surface area contributed by atoms with E-state index in [0.29, 0.717) is 22.3 Å². The van der Waals surface area contributed by atoms with Gasteiger partial charge >= 0.3 is 0 Å². The lowest BCUT2D eigenvalue weighted by Crippen LogP contribution is -2.10. The molecule has 0 saturated heterocycles. The Kier molecular flexibility index (Phi) is 5.60. The zero-order valence-corrected chi connectivity index (χ0v) is 15.4. The Labute approximate surface area is 155 Å². The van der Waals surface area contributed by atoms with Crippen LogP contribution in [-0.4, -0.2) is 14.8 Å². The van der Waals surface area contributed by atoms with Crippen molar-refractivity contribution in [3.8, 4) is 5.75 Å². The first-order valence-electron chi connectivity index (χ1n) is 7.71. The van der Waals surface area contributed by atoms with E-state index in [9.17, 15) is 4.39 Å². The highest BCUT2D eigenvalue weighted by Gasteiger charge is 2.17. The van der Waals surface area contributed by atoms with E-state index in [-0.39, 0.29) is 11.9 Å². The molecule has 3 aromatic rings. The zero-order chi connectivity index (χ0) is 17.8. The summed E-state index contributed by atoms with van der Waals surface area (Å²) in [6.45, 7) is 1.91. The molecule has 25 heavy (non-hydrogen) atoms. The summed E-state index contributed by atoms with van der Waals surface area (Å²) in [5.74, 6) is 1.77. The van der Waals surface area contributed by atoms with Crippen molar-refractivity contribution in [3.05, 3.63) is 70.8 Å². The fourth-order valence-corrected chi connectivity index (χ4v) is 3.42. The number of nitrogens with zero attached hydrogens (tertiary/aromatic N) is 3. The van der Waals surface area contributed by atoms with Crippen LogP contribution in [0.25, 0.3) is 0 Å². The Balaban J connectivity index is 1.67. The lowest BCUT2D eigenvalue weighted by atomic mass is 10.2. The molecule has 1 atom stereocenters. The van der Waals surface area contributed by atoms with Gasteiger partial charge in [-0.05, 0) is 42.8 Å². The van der Waals surface area contributed by atoms with Crippen molar-refractivity contribution in [1.82, 2.24) is 14.8 Å². The third-order valence-electron chi connectivity index (χ3n) is 3.60. The molecule has 0 aliphatic carbocycles. The van der Waals surface area contributed by atoms with Gasteiger partial charge in [0.25, 0.3) is 0 Å². The van der Waals surface area contributed by atoms with E-state index < -0.39 is 0 Å². The highest BCUT2D eigenvalue weighted by Crippen LogP contribution is 2.26. The monoisotopic (exact) mass is 377 g/mol. The number of hydrogen-bond acceptors (Lipinski definition) is 4. The molecule has 130 valence electrons. The Morgan fingerprint density at radius 2 is 2.00 bits per heavy atom. The molecule has 1 aromatic heterocycles. The zero-order valence-electron chi connectivity index (χ0n) is 13.8. The van der Waals surface area contributed by atoms with Crippen LogP contribution in [0, 0.1) is 5.82 Å². The number of hydrogen-bond donors (Lipinski definition) is 0. The van der Waals surface area contributed by atoms with Crippen LogP contribution in [0.2, 0.25) is 5.02 Å². The predicted octanol–water partition coefficient (Wildman–Crippen LogP) is 5.04. The maximum atomic E-state index is 13.2. The van der Waals surface area contributed by atoms with Crippen molar-refractivity contribution in [2.45, 2.75) is 23.9 Å². The number of rotatable bonds is 6. The SMILES string of the molecule is CC(Oc1cccc(Cl)c1)c1nnc(SCc2cccc(F)c2)n1C. The molecule has 0 amide bonds. The minimum atomic E-state index is -0.278. The van der Waals surface area contributed by atoms with Gasteiger partial charge in [0.15, 0.2) is 17.1 Å². The number of aromatic nitrogens is 3. The number of halogens is 2. The largest absolute Gasteiger partial charge is 0.483 e. The van der Waals surface area contributed by atoms with Crippen LogP contribution in [0.15, 0.2) is 53.7 Å². The first kappa shape index (κ1) is 17.8. The van der Waals surface area contributed by atoms with Crippen molar-refractivity contribution >= 4 is 23.4 Å². The molecule has 2 aromatic carbocycles. The Morgan fingerprint density at radius 3 is 2.76 bits per heavy atom. The average Bonchev–Trinajstić information content (AvgIpc) is 2.94. The van der Waals surface area contributed by atoms with E-state index >= 15 is 0 Å². The standard InChI is InChI=1S/C18H17ClFN3OS/c1-12(24-16-8-4-6-14(19)10-16)17-21-22-18(23(17)2)25-11-13-5-3-7-15(20)9-13/h3-10,12H,11H2,1-2H3. The summed E-state index contributed by atoms with van der Waals surface area (Å²) in [5.41, 5.74) is 0.901. The molecule has 0 bridgehead atoms. The number of benzene rings is 2. The van der Waals surface area contributed by atoms with Gasteiger partial charge in [-0.15, -0.1) is 10.2 Å². The number of ether oxygens (including phenoxy) is 1. The Morgan fingerprint density at radius 1 is 1.20 bits per heavy atom. The minimum Gasteiger partial charge on any atom is -0.483 e. The fourth-order valence-electron chi connectivity index (χ4n) is 2.38.